The molecule has 0 saturated heterocycles. The van der Waals surface area contributed by atoms with Crippen LogP contribution < -0.4 is 9.64 Å². The number of ether oxygens (including phenoxy) is 1. The van der Waals surface area contributed by atoms with Gasteiger partial charge in [0, 0.05) is 0 Å². The van der Waals surface area contributed by atoms with Gasteiger partial charge in [-0.05, 0) is 31.2 Å². The van der Waals surface area contributed by atoms with Crippen molar-refractivity contribution in [3.05, 3.63) is 47.9 Å². The van der Waals surface area contributed by atoms with Crippen LogP contribution in [0.5, 0.6) is 5.75 Å². The third-order valence-electron chi connectivity index (χ3n) is 3.54. The van der Waals surface area contributed by atoms with E-state index in [1.807, 2.05) is 25.1 Å². The van der Waals surface area contributed by atoms with Crippen molar-refractivity contribution in [1.29, 1.82) is 0 Å². The molecule has 1 aliphatic rings. The first-order chi connectivity index (χ1) is 9.68. The maximum absolute atomic E-state index is 11.3. The van der Waals surface area contributed by atoms with Crippen LogP contribution >= 0.6 is 0 Å². The second-order valence-corrected chi connectivity index (χ2v) is 4.69. The lowest BCUT2D eigenvalue weighted by molar-refractivity contribution is 0.0692. The van der Waals surface area contributed by atoms with Crippen LogP contribution in [0.25, 0.3) is 0 Å². The Balaban J connectivity index is 2.02. The van der Waals surface area contributed by atoms with Gasteiger partial charge in [-0.25, -0.2) is 4.79 Å². The fraction of sp³-hybridized carbons (Fsp3) is 0.267. The first-order valence-electron chi connectivity index (χ1n) is 6.47. The second kappa shape index (κ2) is 4.92. The lowest BCUT2D eigenvalue weighted by Gasteiger charge is -2.35. The summed E-state index contributed by atoms with van der Waals surface area (Å²) in [7, 11) is 0. The summed E-state index contributed by atoms with van der Waals surface area (Å²) in [4.78, 5) is 13.4. The number of hydrogen-bond acceptors (Lipinski definition) is 4. The number of fused-ring (bicyclic) bond motifs is 1. The van der Waals surface area contributed by atoms with Crippen LogP contribution in [0.3, 0.4) is 0 Å². The Kier molecular flexibility index (Phi) is 3.10. The van der Waals surface area contributed by atoms with Crippen LogP contribution in [0.2, 0.25) is 0 Å². The van der Waals surface area contributed by atoms with E-state index in [-0.39, 0.29) is 11.6 Å². The average molecular weight is 273 g/mol. The molecule has 2 aromatic rings. The van der Waals surface area contributed by atoms with E-state index < -0.39 is 5.97 Å². The van der Waals surface area contributed by atoms with Gasteiger partial charge in [-0.2, -0.15) is 0 Å². The largest absolute Gasteiger partial charge is 0.489 e. The molecular formula is C15H15NO4. The van der Waals surface area contributed by atoms with Gasteiger partial charge in [0.2, 0.25) is 0 Å². The number of para-hydroxylation sites is 1. The lowest BCUT2D eigenvalue weighted by Crippen LogP contribution is -2.35. The number of aromatic carboxylic acids is 1. The molecule has 0 saturated carbocycles. The van der Waals surface area contributed by atoms with E-state index in [0.717, 1.165) is 11.4 Å². The highest BCUT2D eigenvalue weighted by Crippen LogP contribution is 2.39. The minimum atomic E-state index is -0.977. The van der Waals surface area contributed by atoms with Gasteiger partial charge in [0.1, 0.15) is 17.9 Å². The minimum Gasteiger partial charge on any atom is -0.489 e. The fourth-order valence-electron chi connectivity index (χ4n) is 2.52. The molecule has 0 spiro atoms. The molecule has 0 bridgehead atoms. The van der Waals surface area contributed by atoms with Gasteiger partial charge in [-0.1, -0.05) is 6.07 Å². The topological polar surface area (TPSA) is 62.9 Å². The lowest BCUT2D eigenvalue weighted by atomic mass is 10.1. The zero-order valence-corrected chi connectivity index (χ0v) is 11.1. The Hall–Kier alpha value is -2.43. The molecule has 1 atom stereocenters. The van der Waals surface area contributed by atoms with Crippen LogP contribution in [0.1, 0.15) is 29.1 Å². The van der Waals surface area contributed by atoms with E-state index in [1.54, 1.807) is 18.4 Å². The van der Waals surface area contributed by atoms with E-state index in [4.69, 9.17) is 9.15 Å². The Morgan fingerprint density at radius 3 is 2.90 bits per heavy atom. The summed E-state index contributed by atoms with van der Waals surface area (Å²) in [6.07, 6.45) is 1.64. The number of carboxylic acid groups (broad SMARTS) is 1. The molecule has 0 fully saturated rings. The molecule has 104 valence electrons. The van der Waals surface area contributed by atoms with E-state index in [1.165, 1.54) is 0 Å². The highest BCUT2D eigenvalue weighted by molar-refractivity contribution is 5.93. The highest BCUT2D eigenvalue weighted by Gasteiger charge is 2.28. The Morgan fingerprint density at radius 1 is 1.35 bits per heavy atom. The highest BCUT2D eigenvalue weighted by atomic mass is 16.5. The third kappa shape index (κ3) is 2.01. The van der Waals surface area contributed by atoms with Crippen molar-refractivity contribution in [2.24, 2.45) is 0 Å². The summed E-state index contributed by atoms with van der Waals surface area (Å²) in [5.41, 5.74) is 0.985. The molecule has 5 heteroatoms. The molecule has 0 aliphatic carbocycles. The zero-order valence-electron chi connectivity index (χ0n) is 11.1. The van der Waals surface area contributed by atoms with Crippen LogP contribution in [-0.4, -0.2) is 24.2 Å². The van der Waals surface area contributed by atoms with Crippen LogP contribution in [0, 0.1) is 0 Å². The molecule has 0 radical (unpaired) electrons. The van der Waals surface area contributed by atoms with Gasteiger partial charge in [0.25, 0.3) is 0 Å². The summed E-state index contributed by atoms with van der Waals surface area (Å²) >= 11 is 0. The molecule has 2 heterocycles. The minimum absolute atomic E-state index is 0.0247. The maximum Gasteiger partial charge on any atom is 0.339 e. The van der Waals surface area contributed by atoms with Crippen molar-refractivity contribution in [3.63, 3.8) is 0 Å². The summed E-state index contributed by atoms with van der Waals surface area (Å²) < 4.78 is 11.0. The van der Waals surface area contributed by atoms with Crippen LogP contribution in [-0.2, 0) is 0 Å². The third-order valence-corrected chi connectivity index (χ3v) is 3.54. The summed E-state index contributed by atoms with van der Waals surface area (Å²) in [5.74, 6) is 0.303. The van der Waals surface area contributed by atoms with Crippen molar-refractivity contribution in [2.75, 3.05) is 18.1 Å². The summed E-state index contributed by atoms with van der Waals surface area (Å²) in [6, 6.07) is 8.96. The van der Waals surface area contributed by atoms with Crippen molar-refractivity contribution in [3.8, 4) is 5.75 Å². The zero-order chi connectivity index (χ0) is 14.1. The number of carbonyl (C=O) groups is 1. The van der Waals surface area contributed by atoms with E-state index >= 15 is 0 Å². The van der Waals surface area contributed by atoms with Crippen molar-refractivity contribution in [2.45, 2.75) is 13.0 Å². The quantitative estimate of drug-likeness (QED) is 0.931. The molecule has 1 unspecified atom stereocenters. The van der Waals surface area contributed by atoms with E-state index in [0.29, 0.717) is 18.9 Å². The monoisotopic (exact) mass is 273 g/mol. The number of benzene rings is 1. The Bertz CT molecular complexity index is 621. The van der Waals surface area contributed by atoms with Crippen LogP contribution in [0.4, 0.5) is 5.69 Å². The SMILES string of the molecule is CC(c1ccco1)N1CCOc2c(C(=O)O)cccc21. The Labute approximate surface area is 116 Å². The molecule has 3 rings (SSSR count). The summed E-state index contributed by atoms with van der Waals surface area (Å²) in [5, 5.41) is 9.23. The van der Waals surface area contributed by atoms with Gasteiger partial charge in [0.15, 0.2) is 5.75 Å². The number of hydrogen-bond donors (Lipinski definition) is 1. The normalized spacial score (nSPS) is 15.3. The van der Waals surface area contributed by atoms with Gasteiger partial charge in [-0.3, -0.25) is 0 Å². The fourth-order valence-corrected chi connectivity index (χ4v) is 2.52. The number of furan rings is 1. The smallest absolute Gasteiger partial charge is 0.339 e. The molecule has 1 aromatic heterocycles. The van der Waals surface area contributed by atoms with E-state index in [9.17, 15) is 9.90 Å². The molecular weight excluding hydrogens is 258 g/mol. The Morgan fingerprint density at radius 2 is 2.20 bits per heavy atom. The number of nitrogens with zero attached hydrogens (tertiary/aromatic N) is 1. The standard InChI is InChI=1S/C15H15NO4/c1-10(13-6-3-8-19-13)16-7-9-20-14-11(15(17)18)4-2-5-12(14)16/h2-6,8,10H,7,9H2,1H3,(H,17,18). The second-order valence-electron chi connectivity index (χ2n) is 4.69. The number of anilines is 1. The summed E-state index contributed by atoms with van der Waals surface area (Å²) in [6.45, 7) is 3.18. The average Bonchev–Trinajstić information content (AvgIpc) is 2.99. The molecule has 5 nitrogen and oxygen atoms in total. The predicted molar refractivity (Wildman–Crippen MR) is 73.4 cm³/mol. The molecule has 0 amide bonds. The molecule has 1 N–H and O–H groups in total. The van der Waals surface area contributed by atoms with Crippen LogP contribution in [0.15, 0.2) is 41.0 Å². The number of rotatable bonds is 3. The molecule has 20 heavy (non-hydrogen) atoms. The van der Waals surface area contributed by atoms with Crippen molar-refractivity contribution in [1.82, 2.24) is 0 Å². The maximum atomic E-state index is 11.3. The van der Waals surface area contributed by atoms with E-state index in [2.05, 4.69) is 4.90 Å². The first-order valence-corrected chi connectivity index (χ1v) is 6.47. The number of carboxylic acids is 1. The molecule has 1 aliphatic heterocycles. The van der Waals surface area contributed by atoms with Gasteiger partial charge < -0.3 is 19.2 Å². The van der Waals surface area contributed by atoms with Crippen molar-refractivity contribution < 1.29 is 19.1 Å². The van der Waals surface area contributed by atoms with Crippen molar-refractivity contribution >= 4 is 11.7 Å². The van der Waals surface area contributed by atoms with Gasteiger partial charge in [-0.15, -0.1) is 0 Å². The van der Waals surface area contributed by atoms with Gasteiger partial charge in [0.05, 0.1) is 24.5 Å². The predicted octanol–water partition coefficient (Wildman–Crippen LogP) is 2.94. The first kappa shape index (κ1) is 12.6. The molecule has 1 aromatic carbocycles. The van der Waals surface area contributed by atoms with Gasteiger partial charge >= 0.3 is 5.97 Å².